The van der Waals surface area contributed by atoms with Gasteiger partial charge in [-0.25, -0.2) is 0 Å². The van der Waals surface area contributed by atoms with E-state index in [2.05, 4.69) is 5.32 Å². The summed E-state index contributed by atoms with van der Waals surface area (Å²) in [6, 6.07) is 13.6. The minimum Gasteiger partial charge on any atom is -0.494 e. The normalized spacial score (nSPS) is 14.2. The number of carbonyl (C=O) groups excluding carboxylic acids is 2. The number of nitrogens with zero attached hydrogens (tertiary/aromatic N) is 1. The fourth-order valence-electron chi connectivity index (χ4n) is 3.72. The van der Waals surface area contributed by atoms with Crippen LogP contribution in [-0.2, 0) is 16.0 Å². The molecule has 1 aliphatic heterocycles. The van der Waals surface area contributed by atoms with Gasteiger partial charge in [0, 0.05) is 19.1 Å². The van der Waals surface area contributed by atoms with Crippen molar-refractivity contribution in [3.8, 4) is 11.5 Å². The lowest BCUT2D eigenvalue weighted by molar-refractivity contribution is -0.131. The molecule has 2 aromatic carbocycles. The van der Waals surface area contributed by atoms with Crippen molar-refractivity contribution >= 4 is 11.8 Å². The van der Waals surface area contributed by atoms with Crippen molar-refractivity contribution < 1.29 is 19.1 Å². The molecule has 0 atom stereocenters. The van der Waals surface area contributed by atoms with Gasteiger partial charge in [-0.05, 0) is 68.5 Å². The molecule has 6 heteroatoms. The standard InChI is InChI=1S/C25H32N2O4/c1-4-30-22-10-8-20(9-11-22)16-25(29)27-14-12-21(13-15-27)26-24(28)17-31-23-7-5-6-18(2)19(23)3/h5-11,21H,4,12-17H2,1-3H3,(H,26,28). The molecule has 1 heterocycles. The highest BCUT2D eigenvalue weighted by molar-refractivity contribution is 5.79. The lowest BCUT2D eigenvalue weighted by Gasteiger charge is -2.32. The van der Waals surface area contributed by atoms with Crippen LogP contribution < -0.4 is 14.8 Å². The Morgan fingerprint density at radius 3 is 2.42 bits per heavy atom. The van der Waals surface area contributed by atoms with Crippen molar-refractivity contribution in [2.24, 2.45) is 0 Å². The van der Waals surface area contributed by atoms with Gasteiger partial charge in [0.15, 0.2) is 6.61 Å². The fraction of sp³-hybridized carbons (Fsp3) is 0.440. The van der Waals surface area contributed by atoms with E-state index >= 15 is 0 Å². The molecule has 31 heavy (non-hydrogen) atoms. The van der Waals surface area contributed by atoms with Gasteiger partial charge < -0.3 is 19.7 Å². The van der Waals surface area contributed by atoms with Crippen LogP contribution in [0, 0.1) is 13.8 Å². The number of hydrogen-bond acceptors (Lipinski definition) is 4. The van der Waals surface area contributed by atoms with Crippen molar-refractivity contribution in [2.45, 2.75) is 46.1 Å². The number of nitrogens with one attached hydrogen (secondary N) is 1. The zero-order chi connectivity index (χ0) is 22.2. The summed E-state index contributed by atoms with van der Waals surface area (Å²) in [6.45, 7) is 7.89. The number of carbonyl (C=O) groups is 2. The van der Waals surface area contributed by atoms with Gasteiger partial charge in [0.1, 0.15) is 11.5 Å². The largest absolute Gasteiger partial charge is 0.494 e. The Bertz CT molecular complexity index is 887. The van der Waals surface area contributed by atoms with Crippen LogP contribution in [0.15, 0.2) is 42.5 Å². The molecule has 1 fully saturated rings. The van der Waals surface area contributed by atoms with Gasteiger partial charge >= 0.3 is 0 Å². The molecule has 0 aliphatic carbocycles. The van der Waals surface area contributed by atoms with Crippen LogP contribution in [0.4, 0.5) is 0 Å². The Kier molecular flexibility index (Phi) is 7.93. The number of benzene rings is 2. The molecule has 6 nitrogen and oxygen atoms in total. The van der Waals surface area contributed by atoms with Crippen molar-refractivity contribution in [3.05, 3.63) is 59.2 Å². The number of likely N-dealkylation sites (tertiary alicyclic amines) is 1. The number of ether oxygens (including phenoxy) is 2. The lowest BCUT2D eigenvalue weighted by atomic mass is 10.0. The predicted octanol–water partition coefficient (Wildman–Crippen LogP) is 3.43. The molecule has 1 aliphatic rings. The van der Waals surface area contributed by atoms with E-state index in [9.17, 15) is 9.59 Å². The van der Waals surface area contributed by atoms with E-state index in [-0.39, 0.29) is 24.5 Å². The number of rotatable bonds is 8. The first-order valence-electron chi connectivity index (χ1n) is 10.9. The lowest BCUT2D eigenvalue weighted by Crippen LogP contribution is -2.47. The molecule has 2 amide bonds. The van der Waals surface area contributed by atoms with Gasteiger partial charge in [0.25, 0.3) is 5.91 Å². The second-order valence-corrected chi connectivity index (χ2v) is 7.96. The molecule has 0 saturated carbocycles. The van der Waals surface area contributed by atoms with Crippen LogP contribution in [0.25, 0.3) is 0 Å². The Morgan fingerprint density at radius 1 is 1.03 bits per heavy atom. The molecule has 0 bridgehead atoms. The fourth-order valence-corrected chi connectivity index (χ4v) is 3.72. The first-order valence-corrected chi connectivity index (χ1v) is 10.9. The van der Waals surface area contributed by atoms with Gasteiger partial charge in [-0.15, -0.1) is 0 Å². The molecule has 0 unspecified atom stereocenters. The van der Waals surface area contributed by atoms with Gasteiger partial charge in [-0.2, -0.15) is 0 Å². The van der Waals surface area contributed by atoms with Gasteiger partial charge in [0.2, 0.25) is 5.91 Å². The van der Waals surface area contributed by atoms with Crippen molar-refractivity contribution in [3.63, 3.8) is 0 Å². The van der Waals surface area contributed by atoms with Crippen LogP contribution in [0.3, 0.4) is 0 Å². The monoisotopic (exact) mass is 424 g/mol. The van der Waals surface area contributed by atoms with Crippen LogP contribution >= 0.6 is 0 Å². The van der Waals surface area contributed by atoms with Gasteiger partial charge in [0.05, 0.1) is 13.0 Å². The first kappa shape index (κ1) is 22.7. The quantitative estimate of drug-likeness (QED) is 0.705. The van der Waals surface area contributed by atoms with Gasteiger partial charge in [-0.1, -0.05) is 24.3 Å². The zero-order valence-corrected chi connectivity index (χ0v) is 18.6. The second kappa shape index (κ2) is 10.8. The molecule has 3 rings (SSSR count). The predicted molar refractivity (Wildman–Crippen MR) is 120 cm³/mol. The van der Waals surface area contributed by atoms with Crippen LogP contribution in [-0.4, -0.2) is 49.1 Å². The average Bonchev–Trinajstić information content (AvgIpc) is 2.77. The summed E-state index contributed by atoms with van der Waals surface area (Å²) in [7, 11) is 0. The highest BCUT2D eigenvalue weighted by atomic mass is 16.5. The minimum absolute atomic E-state index is 0.00117. The summed E-state index contributed by atoms with van der Waals surface area (Å²) in [5, 5.41) is 3.03. The Hall–Kier alpha value is -3.02. The first-order chi connectivity index (χ1) is 15.0. The van der Waals surface area contributed by atoms with E-state index in [4.69, 9.17) is 9.47 Å². The molecular weight excluding hydrogens is 392 g/mol. The van der Waals surface area contributed by atoms with E-state index in [0.29, 0.717) is 26.1 Å². The van der Waals surface area contributed by atoms with Crippen molar-refractivity contribution in [1.82, 2.24) is 10.2 Å². The summed E-state index contributed by atoms with van der Waals surface area (Å²) in [5.41, 5.74) is 3.17. The molecule has 1 saturated heterocycles. The molecule has 0 aromatic heterocycles. The third-order valence-corrected chi connectivity index (χ3v) is 5.72. The number of piperidine rings is 1. The summed E-state index contributed by atoms with van der Waals surface area (Å²) >= 11 is 0. The maximum atomic E-state index is 12.6. The second-order valence-electron chi connectivity index (χ2n) is 7.96. The van der Waals surface area contributed by atoms with E-state index < -0.39 is 0 Å². The average molecular weight is 425 g/mol. The third kappa shape index (κ3) is 6.48. The molecule has 0 spiro atoms. The summed E-state index contributed by atoms with van der Waals surface area (Å²) in [6.07, 6.45) is 1.89. The van der Waals surface area contributed by atoms with Crippen LogP contribution in [0.5, 0.6) is 11.5 Å². The Morgan fingerprint density at radius 2 is 1.74 bits per heavy atom. The van der Waals surface area contributed by atoms with E-state index in [1.165, 1.54) is 0 Å². The van der Waals surface area contributed by atoms with E-state index in [0.717, 1.165) is 41.0 Å². The van der Waals surface area contributed by atoms with Crippen molar-refractivity contribution in [1.29, 1.82) is 0 Å². The SMILES string of the molecule is CCOc1ccc(CC(=O)N2CCC(NC(=O)COc3cccc(C)c3C)CC2)cc1. The van der Waals surface area contributed by atoms with Crippen LogP contribution in [0.1, 0.15) is 36.5 Å². The molecule has 166 valence electrons. The number of aryl methyl sites for hydroxylation is 1. The zero-order valence-electron chi connectivity index (χ0n) is 18.6. The Labute approximate surface area is 184 Å². The third-order valence-electron chi connectivity index (χ3n) is 5.72. The number of hydrogen-bond donors (Lipinski definition) is 1. The highest BCUT2D eigenvalue weighted by Gasteiger charge is 2.24. The van der Waals surface area contributed by atoms with Crippen molar-refractivity contribution in [2.75, 3.05) is 26.3 Å². The Balaban J connectivity index is 1.40. The van der Waals surface area contributed by atoms with E-state index in [1.54, 1.807) is 0 Å². The highest BCUT2D eigenvalue weighted by Crippen LogP contribution is 2.20. The molecule has 0 radical (unpaired) electrons. The summed E-state index contributed by atoms with van der Waals surface area (Å²) < 4.78 is 11.1. The summed E-state index contributed by atoms with van der Waals surface area (Å²) in [5.74, 6) is 1.55. The topological polar surface area (TPSA) is 67.9 Å². The maximum absolute atomic E-state index is 12.6. The van der Waals surface area contributed by atoms with Gasteiger partial charge in [-0.3, -0.25) is 9.59 Å². The minimum atomic E-state index is -0.125. The molecule has 2 aromatic rings. The summed E-state index contributed by atoms with van der Waals surface area (Å²) in [4.78, 5) is 26.8. The molecule has 1 N–H and O–H groups in total. The molecular formula is C25H32N2O4. The maximum Gasteiger partial charge on any atom is 0.258 e. The smallest absolute Gasteiger partial charge is 0.258 e. The van der Waals surface area contributed by atoms with Crippen LogP contribution in [0.2, 0.25) is 0 Å². The number of amides is 2. The van der Waals surface area contributed by atoms with E-state index in [1.807, 2.05) is 68.1 Å².